The van der Waals surface area contributed by atoms with Crippen molar-refractivity contribution in [3.63, 3.8) is 0 Å². The zero-order chi connectivity index (χ0) is 24.3. The van der Waals surface area contributed by atoms with Crippen molar-refractivity contribution >= 4 is 17.7 Å². The number of dihydropyridines is 1. The minimum Gasteiger partial charge on any atom is -0.508 e. The Hall–Kier alpha value is -3.13. The summed E-state index contributed by atoms with van der Waals surface area (Å²) in [7, 11) is 1.26. The highest BCUT2D eigenvalue weighted by Crippen LogP contribution is 2.45. The molecule has 2 N–H and O–H groups in total. The number of nitrogens with one attached hydrogen (secondary N) is 1. The van der Waals surface area contributed by atoms with Crippen LogP contribution in [0.2, 0.25) is 0 Å². The highest BCUT2D eigenvalue weighted by molar-refractivity contribution is 6.12. The van der Waals surface area contributed by atoms with E-state index < -0.39 is 23.8 Å². The average Bonchev–Trinajstić information content (AvgIpc) is 2.75. The molecule has 0 fully saturated rings. The largest absolute Gasteiger partial charge is 0.508 e. The van der Waals surface area contributed by atoms with Crippen LogP contribution >= 0.6 is 0 Å². The van der Waals surface area contributed by atoms with E-state index >= 15 is 0 Å². The molecule has 1 aromatic carbocycles. The van der Waals surface area contributed by atoms with Crippen molar-refractivity contribution in [3.05, 3.63) is 52.4 Å². The second-order valence-electron chi connectivity index (χ2n) is 8.68. The molecule has 0 radical (unpaired) electrons. The van der Waals surface area contributed by atoms with Crippen LogP contribution in [-0.4, -0.2) is 49.3 Å². The number of methoxy groups -OCH3 is 1. The van der Waals surface area contributed by atoms with Gasteiger partial charge in [-0.1, -0.05) is 19.1 Å². The highest BCUT2D eigenvalue weighted by atomic mass is 16.6. The second-order valence-corrected chi connectivity index (χ2v) is 8.68. The predicted octanol–water partition coefficient (Wildman–Crippen LogP) is 2.97. The van der Waals surface area contributed by atoms with Crippen LogP contribution in [0.25, 0.3) is 0 Å². The maximum absolute atomic E-state index is 13.6. The molecule has 0 bridgehead atoms. The Labute approximate surface area is 193 Å². The molecule has 0 spiro atoms. The van der Waals surface area contributed by atoms with Crippen LogP contribution in [0.5, 0.6) is 5.75 Å². The van der Waals surface area contributed by atoms with Crippen LogP contribution in [0.15, 0.2) is 46.8 Å². The topological polar surface area (TPSA) is 111 Å². The number of phenolic OH excluding ortho intramolecular Hbond substituents is 1. The van der Waals surface area contributed by atoms with Gasteiger partial charge in [0.15, 0.2) is 5.78 Å². The van der Waals surface area contributed by atoms with Crippen molar-refractivity contribution in [2.75, 3.05) is 20.3 Å². The summed E-state index contributed by atoms with van der Waals surface area (Å²) in [5, 5.41) is 13.0. The Bertz CT molecular complexity index is 991. The van der Waals surface area contributed by atoms with E-state index in [1.54, 1.807) is 19.1 Å². The number of Topliss-reactive ketones (excluding diaryl/α,β-unsaturated/α-hetero) is 1. The fourth-order valence-electron chi connectivity index (χ4n) is 4.45. The van der Waals surface area contributed by atoms with Gasteiger partial charge in [-0.05, 0) is 50.8 Å². The lowest BCUT2D eigenvalue weighted by Gasteiger charge is -2.38. The number of hydrogen-bond acceptors (Lipinski definition) is 8. The Morgan fingerprint density at radius 2 is 1.85 bits per heavy atom. The number of esters is 2. The molecule has 8 nitrogen and oxygen atoms in total. The lowest BCUT2D eigenvalue weighted by atomic mass is 9.69. The number of carbonyl (C=O) groups is 3. The van der Waals surface area contributed by atoms with E-state index in [1.807, 2.05) is 20.8 Å². The molecular weight excluding hydrogens is 426 g/mol. The molecule has 1 heterocycles. The summed E-state index contributed by atoms with van der Waals surface area (Å²) in [5.41, 5.74) is 2.54. The molecule has 0 amide bonds. The minimum absolute atomic E-state index is 0.00978. The van der Waals surface area contributed by atoms with Crippen LogP contribution in [0.3, 0.4) is 0 Å². The highest BCUT2D eigenvalue weighted by Gasteiger charge is 2.47. The van der Waals surface area contributed by atoms with Gasteiger partial charge in [0.25, 0.3) is 0 Å². The monoisotopic (exact) mass is 457 g/mol. The first-order valence-electron chi connectivity index (χ1n) is 11.1. The van der Waals surface area contributed by atoms with Crippen LogP contribution in [-0.2, 0) is 28.6 Å². The van der Waals surface area contributed by atoms with Crippen molar-refractivity contribution in [2.45, 2.75) is 46.1 Å². The van der Waals surface area contributed by atoms with Crippen LogP contribution < -0.4 is 5.32 Å². The van der Waals surface area contributed by atoms with Crippen LogP contribution in [0, 0.1) is 11.8 Å². The molecular formula is C25H31NO7. The number of carbonyl (C=O) groups excluding carboxylic acids is 3. The summed E-state index contributed by atoms with van der Waals surface area (Å²) in [6, 6.07) is 6.33. The summed E-state index contributed by atoms with van der Waals surface area (Å²) >= 11 is 0. The number of hydrogen-bond donors (Lipinski definition) is 2. The Morgan fingerprint density at radius 1 is 1.18 bits per heavy atom. The van der Waals surface area contributed by atoms with Gasteiger partial charge >= 0.3 is 11.9 Å². The zero-order valence-corrected chi connectivity index (χ0v) is 19.6. The van der Waals surface area contributed by atoms with E-state index in [9.17, 15) is 19.5 Å². The number of rotatable bonds is 7. The van der Waals surface area contributed by atoms with Crippen molar-refractivity contribution in [1.82, 2.24) is 5.32 Å². The predicted molar refractivity (Wildman–Crippen MR) is 120 cm³/mol. The normalized spacial score (nSPS) is 22.7. The lowest BCUT2D eigenvalue weighted by Crippen LogP contribution is -2.43. The fraction of sp³-hybridized carbons (Fsp3) is 0.480. The summed E-state index contributed by atoms with van der Waals surface area (Å²) in [6.45, 7) is 7.70. The fourth-order valence-corrected chi connectivity index (χ4v) is 4.45. The van der Waals surface area contributed by atoms with Gasteiger partial charge in [-0.2, -0.15) is 0 Å². The number of aromatic hydroxyl groups is 1. The molecule has 33 heavy (non-hydrogen) atoms. The maximum atomic E-state index is 13.6. The third-order valence-corrected chi connectivity index (χ3v) is 5.96. The van der Waals surface area contributed by atoms with Gasteiger partial charge in [0.1, 0.15) is 18.3 Å². The van der Waals surface area contributed by atoms with Crippen molar-refractivity contribution in [3.8, 4) is 5.75 Å². The summed E-state index contributed by atoms with van der Waals surface area (Å²) < 4.78 is 15.8. The maximum Gasteiger partial charge on any atom is 0.336 e. The zero-order valence-electron chi connectivity index (χ0n) is 19.6. The minimum atomic E-state index is -0.953. The van der Waals surface area contributed by atoms with Gasteiger partial charge in [-0.25, -0.2) is 4.79 Å². The van der Waals surface area contributed by atoms with E-state index in [0.29, 0.717) is 29.0 Å². The molecule has 1 aliphatic carbocycles. The Morgan fingerprint density at radius 3 is 2.45 bits per heavy atom. The lowest BCUT2D eigenvalue weighted by molar-refractivity contribution is -0.151. The van der Waals surface area contributed by atoms with Gasteiger partial charge in [0.05, 0.1) is 25.4 Å². The third-order valence-electron chi connectivity index (χ3n) is 5.96. The number of phenols is 1. The molecule has 0 unspecified atom stereocenters. The quantitative estimate of drug-likeness (QED) is 0.365. The van der Waals surface area contributed by atoms with E-state index in [4.69, 9.17) is 14.2 Å². The molecule has 3 atom stereocenters. The SMILES string of the molecule is COC(=O)[C@@H]1C(=O)C2=C(C[C@H]1C)NC(C)=C(C(=O)OCCOC(C)C)[C@H]2c1ccc(O)cc1. The van der Waals surface area contributed by atoms with Crippen molar-refractivity contribution < 1.29 is 33.7 Å². The summed E-state index contributed by atoms with van der Waals surface area (Å²) in [4.78, 5) is 39.2. The van der Waals surface area contributed by atoms with E-state index in [2.05, 4.69) is 5.32 Å². The first kappa shape index (κ1) is 24.5. The molecule has 2 aliphatic rings. The van der Waals surface area contributed by atoms with Crippen molar-refractivity contribution in [1.29, 1.82) is 0 Å². The molecule has 0 saturated heterocycles. The number of ketones is 1. The molecule has 8 heteroatoms. The molecule has 0 aromatic heterocycles. The summed E-state index contributed by atoms with van der Waals surface area (Å²) in [6.07, 6.45) is 0.465. The molecule has 1 aliphatic heterocycles. The van der Waals surface area contributed by atoms with Crippen LogP contribution in [0.1, 0.15) is 45.6 Å². The number of allylic oxidation sites excluding steroid dienone is 3. The van der Waals surface area contributed by atoms with Crippen LogP contribution in [0.4, 0.5) is 0 Å². The average molecular weight is 458 g/mol. The smallest absolute Gasteiger partial charge is 0.336 e. The van der Waals surface area contributed by atoms with E-state index in [1.165, 1.54) is 19.2 Å². The van der Waals surface area contributed by atoms with Gasteiger partial charge in [0, 0.05) is 22.9 Å². The Kier molecular flexibility index (Phi) is 7.58. The molecule has 3 rings (SSSR count). The van der Waals surface area contributed by atoms with E-state index in [-0.39, 0.29) is 42.3 Å². The second kappa shape index (κ2) is 10.2. The van der Waals surface area contributed by atoms with Gasteiger partial charge < -0.3 is 24.6 Å². The Balaban J connectivity index is 2.02. The standard InChI is InChI=1S/C25H31NO7/c1-13(2)32-10-11-33-25(30)20-15(4)26-18-12-14(3)19(24(29)31-5)23(28)22(18)21(20)16-6-8-17(27)9-7-16/h6-9,13-14,19,21,26-27H,10-12H2,1-5H3/t14-,19+,21-/m1/s1. The summed E-state index contributed by atoms with van der Waals surface area (Å²) in [5.74, 6) is -3.43. The molecule has 1 aromatic rings. The third kappa shape index (κ3) is 5.11. The first-order valence-corrected chi connectivity index (χ1v) is 11.1. The van der Waals surface area contributed by atoms with Gasteiger partial charge in [-0.15, -0.1) is 0 Å². The number of benzene rings is 1. The van der Waals surface area contributed by atoms with Gasteiger partial charge in [-0.3, -0.25) is 9.59 Å². The van der Waals surface area contributed by atoms with Crippen molar-refractivity contribution in [2.24, 2.45) is 11.8 Å². The molecule has 178 valence electrons. The van der Waals surface area contributed by atoms with Gasteiger partial charge in [0.2, 0.25) is 0 Å². The number of ether oxygens (including phenoxy) is 3. The van der Waals surface area contributed by atoms with E-state index in [0.717, 1.165) is 0 Å². The first-order chi connectivity index (χ1) is 15.6. The molecule has 0 saturated carbocycles.